The van der Waals surface area contributed by atoms with Crippen molar-refractivity contribution in [1.82, 2.24) is 19.6 Å². The maximum Gasteiger partial charge on any atom is 0.253 e. The van der Waals surface area contributed by atoms with Gasteiger partial charge in [0.05, 0.1) is 5.60 Å². The van der Waals surface area contributed by atoms with Crippen LogP contribution >= 0.6 is 11.8 Å². The average molecular weight is 308 g/mol. The molecule has 0 aliphatic heterocycles. The molecule has 2 aromatic rings. The van der Waals surface area contributed by atoms with Crippen molar-refractivity contribution >= 4 is 17.5 Å². The van der Waals surface area contributed by atoms with Crippen molar-refractivity contribution < 1.29 is 5.11 Å². The third-order valence-corrected chi connectivity index (χ3v) is 4.65. The Labute approximate surface area is 130 Å². The largest absolute Gasteiger partial charge is 0.390 e. The summed E-state index contributed by atoms with van der Waals surface area (Å²) >= 11 is 1.46. The quantitative estimate of drug-likeness (QED) is 0.831. The monoisotopic (exact) mass is 308 g/mol. The summed E-state index contributed by atoms with van der Waals surface area (Å²) in [6, 6.07) is 0. The first-order valence-corrected chi connectivity index (χ1v) is 8.38. The number of hydrogen-bond acceptors (Lipinski definition) is 5. The zero-order valence-electron chi connectivity index (χ0n) is 13.5. The Bertz CT molecular complexity index is 631. The second-order valence-electron chi connectivity index (χ2n) is 6.07. The predicted octanol–water partition coefficient (Wildman–Crippen LogP) is 2.95. The molecular formula is C15H24N4OS. The minimum atomic E-state index is -0.729. The van der Waals surface area contributed by atoms with Crippen LogP contribution in [0.15, 0.2) is 5.16 Å². The summed E-state index contributed by atoms with van der Waals surface area (Å²) in [5, 5.41) is 15.0. The number of hydrogen-bond donors (Lipinski definition) is 1. The Balaban J connectivity index is 2.32. The van der Waals surface area contributed by atoms with Crippen LogP contribution in [0, 0.1) is 13.8 Å². The summed E-state index contributed by atoms with van der Waals surface area (Å²) in [4.78, 5) is 9.02. The van der Waals surface area contributed by atoms with Gasteiger partial charge in [0.1, 0.15) is 0 Å². The number of unbranched alkanes of at least 4 members (excludes halogenated alkanes) is 1. The second-order valence-corrected chi connectivity index (χ2v) is 7.01. The van der Waals surface area contributed by atoms with E-state index in [1.165, 1.54) is 23.7 Å². The standard InChI is InChI=1S/C15H24N4OS/c1-6-7-8-12-10(2)16-13-17-14(18-19(13)11(12)3)21-9-15(4,5)20/h20H,6-9H2,1-5H3. The molecule has 0 radical (unpaired) electrons. The fourth-order valence-corrected chi connectivity index (χ4v) is 2.98. The van der Waals surface area contributed by atoms with Crippen LogP contribution in [-0.2, 0) is 6.42 Å². The number of aliphatic hydroxyl groups is 1. The Morgan fingerprint density at radius 1 is 1.24 bits per heavy atom. The fourth-order valence-electron chi connectivity index (χ4n) is 2.21. The summed E-state index contributed by atoms with van der Waals surface area (Å²) in [7, 11) is 0. The molecule has 0 spiro atoms. The molecule has 0 atom stereocenters. The molecule has 0 unspecified atom stereocenters. The minimum absolute atomic E-state index is 0.560. The van der Waals surface area contributed by atoms with Crippen LogP contribution < -0.4 is 0 Å². The van der Waals surface area contributed by atoms with Crippen LogP contribution in [0.25, 0.3) is 5.78 Å². The van der Waals surface area contributed by atoms with E-state index in [9.17, 15) is 5.11 Å². The van der Waals surface area contributed by atoms with Crippen LogP contribution in [0.3, 0.4) is 0 Å². The van der Waals surface area contributed by atoms with Gasteiger partial charge in [-0.25, -0.2) is 9.50 Å². The first-order valence-electron chi connectivity index (χ1n) is 7.40. The van der Waals surface area contributed by atoms with Crippen molar-refractivity contribution in [2.45, 2.75) is 64.6 Å². The smallest absolute Gasteiger partial charge is 0.253 e. The van der Waals surface area contributed by atoms with E-state index in [-0.39, 0.29) is 0 Å². The van der Waals surface area contributed by atoms with Gasteiger partial charge in [-0.2, -0.15) is 4.98 Å². The summed E-state index contributed by atoms with van der Waals surface area (Å²) < 4.78 is 1.82. The van der Waals surface area contributed by atoms with E-state index in [1.807, 2.05) is 11.4 Å². The molecule has 0 saturated heterocycles. The molecule has 0 aromatic carbocycles. The highest BCUT2D eigenvalue weighted by Crippen LogP contribution is 2.22. The van der Waals surface area contributed by atoms with Crippen molar-refractivity contribution in [2.24, 2.45) is 0 Å². The van der Waals surface area contributed by atoms with Crippen molar-refractivity contribution in [3.05, 3.63) is 17.0 Å². The van der Waals surface area contributed by atoms with Gasteiger partial charge in [0.25, 0.3) is 5.78 Å². The molecule has 2 rings (SSSR count). The van der Waals surface area contributed by atoms with E-state index >= 15 is 0 Å². The third-order valence-electron chi connectivity index (χ3n) is 3.36. The Morgan fingerprint density at radius 2 is 1.95 bits per heavy atom. The normalized spacial score (nSPS) is 12.3. The van der Waals surface area contributed by atoms with Gasteiger partial charge in [-0.3, -0.25) is 0 Å². The zero-order chi connectivity index (χ0) is 15.6. The lowest BCUT2D eigenvalue weighted by Gasteiger charge is -2.14. The maximum atomic E-state index is 9.79. The summed E-state index contributed by atoms with van der Waals surface area (Å²) in [5.41, 5.74) is 2.70. The number of thioether (sulfide) groups is 1. The minimum Gasteiger partial charge on any atom is -0.390 e. The molecule has 0 bridgehead atoms. The number of nitrogens with zero attached hydrogens (tertiary/aromatic N) is 4. The zero-order valence-corrected chi connectivity index (χ0v) is 14.3. The van der Waals surface area contributed by atoms with Crippen molar-refractivity contribution in [1.29, 1.82) is 0 Å². The fraction of sp³-hybridized carbons (Fsp3) is 0.667. The molecule has 5 nitrogen and oxygen atoms in total. The molecule has 1 N–H and O–H groups in total. The van der Waals surface area contributed by atoms with Crippen LogP contribution in [0.1, 0.15) is 50.6 Å². The van der Waals surface area contributed by atoms with E-state index in [4.69, 9.17) is 0 Å². The molecule has 2 aromatic heterocycles. The van der Waals surface area contributed by atoms with Gasteiger partial charge in [-0.05, 0) is 46.1 Å². The van der Waals surface area contributed by atoms with Gasteiger partial charge >= 0.3 is 0 Å². The lowest BCUT2D eigenvalue weighted by Crippen LogP contribution is -2.21. The molecule has 0 aliphatic carbocycles. The topological polar surface area (TPSA) is 63.3 Å². The summed E-state index contributed by atoms with van der Waals surface area (Å²) in [6.45, 7) is 9.87. The Kier molecular flexibility index (Phi) is 4.88. The third kappa shape index (κ3) is 3.95. The van der Waals surface area contributed by atoms with E-state index in [1.54, 1.807) is 13.8 Å². The van der Waals surface area contributed by atoms with E-state index in [0.717, 1.165) is 24.2 Å². The van der Waals surface area contributed by atoms with E-state index in [0.29, 0.717) is 16.7 Å². The summed E-state index contributed by atoms with van der Waals surface area (Å²) in [6.07, 6.45) is 3.36. The number of aryl methyl sites for hydroxylation is 2. The van der Waals surface area contributed by atoms with Gasteiger partial charge in [0, 0.05) is 17.1 Å². The first-order chi connectivity index (χ1) is 9.81. The van der Waals surface area contributed by atoms with Crippen LogP contribution in [0.5, 0.6) is 0 Å². The lowest BCUT2D eigenvalue weighted by atomic mass is 10.1. The van der Waals surface area contributed by atoms with Gasteiger partial charge in [0.15, 0.2) is 0 Å². The highest BCUT2D eigenvalue weighted by atomic mass is 32.2. The summed E-state index contributed by atoms with van der Waals surface area (Å²) in [5.74, 6) is 1.20. The number of fused-ring (bicyclic) bond motifs is 1. The maximum absolute atomic E-state index is 9.79. The number of aromatic nitrogens is 4. The molecule has 6 heteroatoms. The van der Waals surface area contributed by atoms with E-state index < -0.39 is 5.60 Å². The lowest BCUT2D eigenvalue weighted by molar-refractivity contribution is 0.107. The molecule has 116 valence electrons. The Hall–Kier alpha value is -1.14. The molecule has 0 amide bonds. The first kappa shape index (κ1) is 16.2. The molecule has 0 saturated carbocycles. The van der Waals surface area contributed by atoms with Crippen molar-refractivity contribution in [3.8, 4) is 0 Å². The van der Waals surface area contributed by atoms with Crippen LogP contribution in [0.4, 0.5) is 0 Å². The van der Waals surface area contributed by atoms with Crippen LogP contribution in [-0.4, -0.2) is 36.0 Å². The Morgan fingerprint density at radius 3 is 2.57 bits per heavy atom. The second kappa shape index (κ2) is 6.32. The van der Waals surface area contributed by atoms with E-state index in [2.05, 4.69) is 28.9 Å². The molecule has 0 fully saturated rings. The van der Waals surface area contributed by atoms with Crippen LogP contribution in [0.2, 0.25) is 0 Å². The van der Waals surface area contributed by atoms with Crippen molar-refractivity contribution in [3.63, 3.8) is 0 Å². The van der Waals surface area contributed by atoms with Gasteiger partial charge in [-0.15, -0.1) is 5.10 Å². The predicted molar refractivity (Wildman–Crippen MR) is 85.9 cm³/mol. The molecular weight excluding hydrogens is 284 g/mol. The van der Waals surface area contributed by atoms with Crippen molar-refractivity contribution in [2.75, 3.05) is 5.75 Å². The molecule has 2 heterocycles. The molecule has 21 heavy (non-hydrogen) atoms. The van der Waals surface area contributed by atoms with Gasteiger partial charge in [-0.1, -0.05) is 25.1 Å². The number of rotatable bonds is 6. The SMILES string of the molecule is CCCCc1c(C)nc2nc(SCC(C)(C)O)nn2c1C. The highest BCUT2D eigenvalue weighted by molar-refractivity contribution is 7.99. The molecule has 0 aliphatic rings. The van der Waals surface area contributed by atoms with Gasteiger partial charge in [0.2, 0.25) is 5.16 Å². The highest BCUT2D eigenvalue weighted by Gasteiger charge is 2.17. The van der Waals surface area contributed by atoms with Gasteiger partial charge < -0.3 is 5.11 Å². The average Bonchev–Trinajstić information content (AvgIpc) is 2.78.